The molecule has 19 heavy (non-hydrogen) atoms. The zero-order valence-electron chi connectivity index (χ0n) is 11.9. The third-order valence-corrected chi connectivity index (χ3v) is 2.71. The van der Waals surface area contributed by atoms with Crippen molar-refractivity contribution in [3.05, 3.63) is 59.7 Å². The normalized spacial score (nSPS) is 10.3. The summed E-state index contributed by atoms with van der Waals surface area (Å²) in [6, 6.07) is 17.3. The molecule has 2 aromatic carbocycles. The summed E-state index contributed by atoms with van der Waals surface area (Å²) < 4.78 is 0. The van der Waals surface area contributed by atoms with E-state index in [9.17, 15) is 0 Å². The van der Waals surface area contributed by atoms with E-state index in [2.05, 4.69) is 48.5 Å². The SMILES string of the molecule is CCN.CCN.c1ccc2c(c1)Cc1ccccc1-2. The lowest BCUT2D eigenvalue weighted by Crippen LogP contribution is -1.87. The summed E-state index contributed by atoms with van der Waals surface area (Å²) in [6.45, 7) is 5.31. The van der Waals surface area contributed by atoms with Crippen LogP contribution < -0.4 is 11.5 Å². The van der Waals surface area contributed by atoms with E-state index in [0.29, 0.717) is 0 Å². The Morgan fingerprint density at radius 1 is 0.737 bits per heavy atom. The second-order valence-corrected chi connectivity index (χ2v) is 4.31. The van der Waals surface area contributed by atoms with Gasteiger partial charge in [0, 0.05) is 0 Å². The fourth-order valence-corrected chi connectivity index (χ4v) is 2.08. The average Bonchev–Trinajstić information content (AvgIpc) is 2.79. The zero-order valence-corrected chi connectivity index (χ0v) is 11.9. The second kappa shape index (κ2) is 8.46. The van der Waals surface area contributed by atoms with Gasteiger partial charge in [-0.25, -0.2) is 0 Å². The van der Waals surface area contributed by atoms with Gasteiger partial charge in [-0.15, -0.1) is 0 Å². The average molecular weight is 256 g/mol. The van der Waals surface area contributed by atoms with E-state index < -0.39 is 0 Å². The molecular formula is C17H24N2. The molecule has 4 N–H and O–H groups in total. The van der Waals surface area contributed by atoms with Crippen molar-refractivity contribution in [2.24, 2.45) is 11.5 Å². The third kappa shape index (κ3) is 4.19. The molecule has 2 nitrogen and oxygen atoms in total. The molecule has 2 aromatic rings. The minimum Gasteiger partial charge on any atom is -0.331 e. The van der Waals surface area contributed by atoms with Crippen molar-refractivity contribution in [1.29, 1.82) is 0 Å². The van der Waals surface area contributed by atoms with Crippen LogP contribution in [0.15, 0.2) is 48.5 Å². The maximum Gasteiger partial charge on any atom is -0.00135 e. The minimum absolute atomic E-state index is 0.750. The van der Waals surface area contributed by atoms with Crippen molar-refractivity contribution in [2.45, 2.75) is 20.3 Å². The van der Waals surface area contributed by atoms with Gasteiger partial charge in [-0.3, -0.25) is 0 Å². The molecule has 0 aliphatic heterocycles. The molecule has 1 aliphatic rings. The molecule has 0 saturated heterocycles. The summed E-state index contributed by atoms with van der Waals surface area (Å²) in [7, 11) is 0. The van der Waals surface area contributed by atoms with Crippen LogP contribution in [0.3, 0.4) is 0 Å². The number of nitrogens with two attached hydrogens (primary N) is 2. The Balaban J connectivity index is 0.000000261. The van der Waals surface area contributed by atoms with Crippen molar-refractivity contribution in [3.8, 4) is 11.1 Å². The van der Waals surface area contributed by atoms with Crippen LogP contribution in [0.25, 0.3) is 11.1 Å². The van der Waals surface area contributed by atoms with Gasteiger partial charge in [0.2, 0.25) is 0 Å². The summed E-state index contributed by atoms with van der Waals surface area (Å²) in [4.78, 5) is 0. The Labute approximate surface area is 116 Å². The topological polar surface area (TPSA) is 52.0 Å². The fourth-order valence-electron chi connectivity index (χ4n) is 2.08. The van der Waals surface area contributed by atoms with E-state index in [1.165, 1.54) is 22.3 Å². The summed E-state index contributed by atoms with van der Waals surface area (Å²) in [6.07, 6.45) is 1.10. The van der Waals surface area contributed by atoms with Gasteiger partial charge >= 0.3 is 0 Å². The predicted octanol–water partition coefficient (Wildman–Crippen LogP) is 3.19. The highest BCUT2D eigenvalue weighted by Gasteiger charge is 2.15. The first-order valence-electron chi connectivity index (χ1n) is 6.84. The molecule has 3 rings (SSSR count). The van der Waals surface area contributed by atoms with E-state index in [1.54, 1.807) is 0 Å². The first-order valence-corrected chi connectivity index (χ1v) is 6.84. The summed E-state index contributed by atoms with van der Waals surface area (Å²) in [5.74, 6) is 0. The molecule has 0 heterocycles. The summed E-state index contributed by atoms with van der Waals surface area (Å²) in [5, 5.41) is 0. The fraction of sp³-hybridized carbons (Fsp3) is 0.294. The lowest BCUT2D eigenvalue weighted by molar-refractivity contribution is 1.14. The Hall–Kier alpha value is -1.64. The molecule has 0 fully saturated rings. The van der Waals surface area contributed by atoms with Gasteiger partial charge in [-0.2, -0.15) is 0 Å². The molecule has 0 saturated carbocycles. The maximum atomic E-state index is 4.85. The largest absolute Gasteiger partial charge is 0.331 e. The highest BCUT2D eigenvalue weighted by Crippen LogP contribution is 2.35. The Morgan fingerprint density at radius 3 is 1.42 bits per heavy atom. The number of rotatable bonds is 0. The quantitative estimate of drug-likeness (QED) is 0.649. The lowest BCUT2D eigenvalue weighted by Gasteiger charge is -1.98. The molecule has 0 atom stereocenters. The number of hydrogen-bond donors (Lipinski definition) is 2. The highest BCUT2D eigenvalue weighted by molar-refractivity contribution is 5.76. The van der Waals surface area contributed by atoms with Crippen molar-refractivity contribution >= 4 is 0 Å². The Morgan fingerprint density at radius 2 is 1.05 bits per heavy atom. The maximum absolute atomic E-state index is 4.85. The molecule has 102 valence electrons. The standard InChI is InChI=1S/C13H10.2C2H7N/c1-3-7-12-10(5-1)9-11-6-2-4-8-13(11)12;2*1-2-3/h1-8H,9H2;2*2-3H2,1H3. The summed E-state index contributed by atoms with van der Waals surface area (Å²) in [5.41, 5.74) is 15.4. The number of benzene rings is 2. The molecule has 0 spiro atoms. The molecular weight excluding hydrogens is 232 g/mol. The van der Waals surface area contributed by atoms with Crippen molar-refractivity contribution < 1.29 is 0 Å². The van der Waals surface area contributed by atoms with Gasteiger partial charge < -0.3 is 11.5 Å². The van der Waals surface area contributed by atoms with Crippen LogP contribution in [0.4, 0.5) is 0 Å². The van der Waals surface area contributed by atoms with Crippen LogP contribution in [-0.2, 0) is 6.42 Å². The second-order valence-electron chi connectivity index (χ2n) is 4.31. The van der Waals surface area contributed by atoms with Gasteiger partial charge in [0.25, 0.3) is 0 Å². The van der Waals surface area contributed by atoms with Crippen LogP contribution in [0.1, 0.15) is 25.0 Å². The van der Waals surface area contributed by atoms with Gasteiger partial charge in [0.05, 0.1) is 0 Å². The van der Waals surface area contributed by atoms with Crippen molar-refractivity contribution in [3.63, 3.8) is 0 Å². The molecule has 0 unspecified atom stereocenters. The lowest BCUT2D eigenvalue weighted by atomic mass is 10.1. The van der Waals surface area contributed by atoms with E-state index in [-0.39, 0.29) is 0 Å². The van der Waals surface area contributed by atoms with Crippen LogP contribution in [0.2, 0.25) is 0 Å². The van der Waals surface area contributed by atoms with E-state index >= 15 is 0 Å². The monoisotopic (exact) mass is 256 g/mol. The smallest absolute Gasteiger partial charge is 0.00135 e. The van der Waals surface area contributed by atoms with E-state index in [0.717, 1.165) is 19.5 Å². The summed E-state index contributed by atoms with van der Waals surface area (Å²) >= 11 is 0. The first kappa shape index (κ1) is 15.4. The van der Waals surface area contributed by atoms with Gasteiger partial charge in [-0.05, 0) is 41.8 Å². The van der Waals surface area contributed by atoms with Crippen LogP contribution in [0, 0.1) is 0 Å². The molecule has 0 aromatic heterocycles. The van der Waals surface area contributed by atoms with E-state index in [1.807, 2.05) is 13.8 Å². The Bertz CT molecular complexity index is 447. The van der Waals surface area contributed by atoms with Gasteiger partial charge in [-0.1, -0.05) is 62.4 Å². The van der Waals surface area contributed by atoms with E-state index in [4.69, 9.17) is 11.5 Å². The molecule has 0 radical (unpaired) electrons. The molecule has 0 amide bonds. The van der Waals surface area contributed by atoms with Gasteiger partial charge in [0.15, 0.2) is 0 Å². The highest BCUT2D eigenvalue weighted by atomic mass is 14.5. The van der Waals surface area contributed by atoms with Crippen LogP contribution in [0.5, 0.6) is 0 Å². The molecule has 1 aliphatic carbocycles. The molecule has 2 heteroatoms. The van der Waals surface area contributed by atoms with Crippen molar-refractivity contribution in [1.82, 2.24) is 0 Å². The predicted molar refractivity (Wildman–Crippen MR) is 84.1 cm³/mol. The number of hydrogen-bond acceptors (Lipinski definition) is 2. The number of fused-ring (bicyclic) bond motifs is 3. The third-order valence-electron chi connectivity index (χ3n) is 2.71. The first-order chi connectivity index (χ1) is 9.28. The Kier molecular flexibility index (Phi) is 6.86. The van der Waals surface area contributed by atoms with Gasteiger partial charge in [0.1, 0.15) is 0 Å². The van der Waals surface area contributed by atoms with Crippen LogP contribution >= 0.6 is 0 Å². The minimum atomic E-state index is 0.750. The van der Waals surface area contributed by atoms with Crippen LogP contribution in [-0.4, -0.2) is 13.1 Å². The van der Waals surface area contributed by atoms with Crippen molar-refractivity contribution in [2.75, 3.05) is 13.1 Å². The zero-order chi connectivity index (χ0) is 14.1. The molecule has 0 bridgehead atoms.